The molecule has 31 heavy (non-hydrogen) atoms. The van der Waals surface area contributed by atoms with E-state index in [1.807, 2.05) is 36.0 Å². The van der Waals surface area contributed by atoms with E-state index < -0.39 is 0 Å². The van der Waals surface area contributed by atoms with Gasteiger partial charge in [-0.2, -0.15) is 5.10 Å². The summed E-state index contributed by atoms with van der Waals surface area (Å²) in [7, 11) is 1.93. The second-order valence-electron chi connectivity index (χ2n) is 8.15. The van der Waals surface area contributed by atoms with Crippen LogP contribution in [0.1, 0.15) is 18.4 Å². The van der Waals surface area contributed by atoms with Crippen LogP contribution in [-0.2, 0) is 13.6 Å². The molecule has 0 saturated carbocycles. The third-order valence-corrected chi connectivity index (χ3v) is 6.07. The SMILES string of the molecule is Cn1nccc1-c1nnc(N2CCC(NCc3cccc(N)c3)CC2)c2ccccc12. The fourth-order valence-electron chi connectivity index (χ4n) is 4.38. The number of nitrogens with one attached hydrogen (secondary N) is 1. The van der Waals surface area contributed by atoms with Crippen LogP contribution in [-0.4, -0.2) is 39.1 Å². The van der Waals surface area contributed by atoms with Crippen LogP contribution < -0.4 is 16.0 Å². The highest BCUT2D eigenvalue weighted by Crippen LogP contribution is 2.32. The first-order valence-corrected chi connectivity index (χ1v) is 10.8. The highest BCUT2D eigenvalue weighted by Gasteiger charge is 2.23. The molecule has 0 spiro atoms. The van der Waals surface area contributed by atoms with Crippen LogP contribution in [0.5, 0.6) is 0 Å². The van der Waals surface area contributed by atoms with E-state index >= 15 is 0 Å². The molecule has 1 aliphatic rings. The highest BCUT2D eigenvalue weighted by atomic mass is 15.3. The monoisotopic (exact) mass is 413 g/mol. The van der Waals surface area contributed by atoms with Gasteiger partial charge in [-0.15, -0.1) is 10.2 Å². The summed E-state index contributed by atoms with van der Waals surface area (Å²) in [5.41, 5.74) is 9.78. The quantitative estimate of drug-likeness (QED) is 0.488. The Kier molecular flexibility index (Phi) is 5.26. The Morgan fingerprint density at radius 2 is 1.81 bits per heavy atom. The van der Waals surface area contributed by atoms with Gasteiger partial charge in [-0.25, -0.2) is 0 Å². The van der Waals surface area contributed by atoms with Gasteiger partial charge in [0.25, 0.3) is 0 Å². The lowest BCUT2D eigenvalue weighted by Crippen LogP contribution is -2.42. The van der Waals surface area contributed by atoms with E-state index in [1.54, 1.807) is 6.20 Å². The number of nitrogen functional groups attached to an aromatic ring is 1. The third kappa shape index (κ3) is 3.96. The van der Waals surface area contributed by atoms with E-state index in [9.17, 15) is 0 Å². The summed E-state index contributed by atoms with van der Waals surface area (Å²) in [4.78, 5) is 2.36. The van der Waals surface area contributed by atoms with Crippen molar-refractivity contribution in [2.45, 2.75) is 25.4 Å². The largest absolute Gasteiger partial charge is 0.399 e. The Balaban J connectivity index is 1.32. The minimum Gasteiger partial charge on any atom is -0.399 e. The molecule has 1 fully saturated rings. The fourth-order valence-corrected chi connectivity index (χ4v) is 4.38. The second-order valence-corrected chi connectivity index (χ2v) is 8.15. The van der Waals surface area contributed by atoms with Crippen molar-refractivity contribution in [1.29, 1.82) is 0 Å². The molecule has 2 aromatic carbocycles. The summed E-state index contributed by atoms with van der Waals surface area (Å²) in [6.45, 7) is 2.76. The number of fused-ring (bicyclic) bond motifs is 1. The maximum absolute atomic E-state index is 5.89. The molecular formula is C24H27N7. The number of anilines is 2. The smallest absolute Gasteiger partial charge is 0.159 e. The van der Waals surface area contributed by atoms with Gasteiger partial charge in [-0.1, -0.05) is 36.4 Å². The Morgan fingerprint density at radius 3 is 2.55 bits per heavy atom. The first kappa shape index (κ1) is 19.5. The van der Waals surface area contributed by atoms with E-state index in [-0.39, 0.29) is 0 Å². The van der Waals surface area contributed by atoms with Crippen molar-refractivity contribution >= 4 is 22.3 Å². The van der Waals surface area contributed by atoms with Gasteiger partial charge in [-0.05, 0) is 36.6 Å². The van der Waals surface area contributed by atoms with Crippen LogP contribution in [0.4, 0.5) is 11.5 Å². The van der Waals surface area contributed by atoms with Crippen LogP contribution in [0.25, 0.3) is 22.2 Å². The molecule has 7 heteroatoms. The van der Waals surface area contributed by atoms with E-state index in [2.05, 4.69) is 55.8 Å². The molecular weight excluding hydrogens is 386 g/mol. The molecule has 3 N–H and O–H groups in total. The summed E-state index contributed by atoms with van der Waals surface area (Å²) < 4.78 is 1.84. The Morgan fingerprint density at radius 1 is 1.00 bits per heavy atom. The first-order valence-electron chi connectivity index (χ1n) is 10.8. The molecule has 0 bridgehead atoms. The number of benzene rings is 2. The lowest BCUT2D eigenvalue weighted by Gasteiger charge is -2.33. The van der Waals surface area contributed by atoms with Gasteiger partial charge in [0, 0.05) is 55.4 Å². The molecule has 0 aliphatic carbocycles. The van der Waals surface area contributed by atoms with Crippen molar-refractivity contribution < 1.29 is 0 Å². The molecule has 0 amide bonds. The molecule has 1 aliphatic heterocycles. The van der Waals surface area contributed by atoms with Crippen molar-refractivity contribution in [3.8, 4) is 11.4 Å². The van der Waals surface area contributed by atoms with E-state index in [0.29, 0.717) is 6.04 Å². The average Bonchev–Trinajstić information content (AvgIpc) is 3.23. The Hall–Kier alpha value is -3.45. The predicted molar refractivity (Wildman–Crippen MR) is 125 cm³/mol. The normalized spacial score (nSPS) is 14.9. The Bertz CT molecular complexity index is 1190. The minimum atomic E-state index is 0.491. The average molecular weight is 414 g/mol. The minimum absolute atomic E-state index is 0.491. The molecule has 7 nitrogen and oxygen atoms in total. The lowest BCUT2D eigenvalue weighted by molar-refractivity contribution is 0.413. The zero-order valence-corrected chi connectivity index (χ0v) is 17.7. The summed E-state index contributed by atoms with van der Waals surface area (Å²) in [6.07, 6.45) is 3.94. The van der Waals surface area contributed by atoms with E-state index in [0.717, 1.165) is 66.1 Å². The molecule has 0 atom stereocenters. The lowest BCUT2D eigenvalue weighted by atomic mass is 10.0. The molecule has 4 aromatic rings. The maximum atomic E-state index is 5.89. The summed E-state index contributed by atoms with van der Waals surface area (Å²) in [5, 5.41) is 19.5. The molecule has 2 aromatic heterocycles. The van der Waals surface area contributed by atoms with Gasteiger partial charge in [-0.3, -0.25) is 4.68 Å². The van der Waals surface area contributed by atoms with Gasteiger partial charge in [0.1, 0.15) is 5.69 Å². The fraction of sp³-hybridized carbons (Fsp3) is 0.292. The van der Waals surface area contributed by atoms with Crippen molar-refractivity contribution in [3.63, 3.8) is 0 Å². The van der Waals surface area contributed by atoms with Crippen molar-refractivity contribution in [2.24, 2.45) is 7.05 Å². The molecule has 3 heterocycles. The second kappa shape index (κ2) is 8.35. The molecule has 0 radical (unpaired) electrons. The first-order chi connectivity index (χ1) is 15.2. The van der Waals surface area contributed by atoms with Crippen LogP contribution in [0, 0.1) is 0 Å². The summed E-state index contributed by atoms with van der Waals surface area (Å²) in [6, 6.07) is 18.9. The summed E-state index contributed by atoms with van der Waals surface area (Å²) in [5.74, 6) is 0.968. The van der Waals surface area contributed by atoms with Crippen LogP contribution in [0.2, 0.25) is 0 Å². The third-order valence-electron chi connectivity index (χ3n) is 6.07. The molecule has 5 rings (SSSR count). The number of nitrogens with zero attached hydrogens (tertiary/aromatic N) is 5. The predicted octanol–water partition coefficient (Wildman–Crippen LogP) is 3.37. The standard InChI is InChI=1S/C24H27N7/c1-30-22(9-12-27-30)23-20-7-2-3-8-21(20)24(29-28-23)31-13-10-19(11-14-31)26-16-17-5-4-6-18(25)15-17/h2-9,12,15,19,26H,10-11,13-14,16,25H2,1H3. The van der Waals surface area contributed by atoms with Gasteiger partial charge in [0.2, 0.25) is 0 Å². The molecule has 0 unspecified atom stereocenters. The van der Waals surface area contributed by atoms with Gasteiger partial charge in [0.05, 0.1) is 5.69 Å². The number of rotatable bonds is 5. The molecule has 158 valence electrons. The van der Waals surface area contributed by atoms with Crippen molar-refractivity contribution in [1.82, 2.24) is 25.3 Å². The van der Waals surface area contributed by atoms with Gasteiger partial charge < -0.3 is 16.0 Å². The van der Waals surface area contributed by atoms with Gasteiger partial charge >= 0.3 is 0 Å². The topological polar surface area (TPSA) is 84.9 Å². The highest BCUT2D eigenvalue weighted by molar-refractivity contribution is 5.99. The van der Waals surface area contributed by atoms with E-state index in [1.165, 1.54) is 5.56 Å². The summed E-state index contributed by atoms with van der Waals surface area (Å²) >= 11 is 0. The Labute approximate surface area is 181 Å². The zero-order valence-electron chi connectivity index (χ0n) is 17.7. The van der Waals surface area contributed by atoms with Crippen LogP contribution >= 0.6 is 0 Å². The number of hydrogen-bond acceptors (Lipinski definition) is 6. The number of aromatic nitrogens is 4. The van der Waals surface area contributed by atoms with E-state index in [4.69, 9.17) is 5.73 Å². The maximum Gasteiger partial charge on any atom is 0.159 e. The van der Waals surface area contributed by atoms with Crippen LogP contribution in [0.15, 0.2) is 60.8 Å². The zero-order chi connectivity index (χ0) is 21.2. The number of nitrogens with two attached hydrogens (primary N) is 1. The van der Waals surface area contributed by atoms with Crippen molar-refractivity contribution in [3.05, 3.63) is 66.4 Å². The van der Waals surface area contributed by atoms with Crippen molar-refractivity contribution in [2.75, 3.05) is 23.7 Å². The number of piperidine rings is 1. The number of hydrogen-bond donors (Lipinski definition) is 2. The van der Waals surface area contributed by atoms with Crippen LogP contribution in [0.3, 0.4) is 0 Å². The molecule has 1 saturated heterocycles. The van der Waals surface area contributed by atoms with Gasteiger partial charge in [0.15, 0.2) is 5.82 Å². The number of aryl methyl sites for hydroxylation is 1.